The highest BCUT2D eigenvalue weighted by molar-refractivity contribution is 5.75. The maximum absolute atomic E-state index is 13.6. The monoisotopic (exact) mass is 510 g/mol. The van der Waals surface area contributed by atoms with Crippen LogP contribution >= 0.6 is 0 Å². The van der Waals surface area contributed by atoms with Gasteiger partial charge in [0.25, 0.3) is 0 Å². The van der Waals surface area contributed by atoms with E-state index in [1.165, 1.54) is 12.2 Å². The van der Waals surface area contributed by atoms with Gasteiger partial charge in [-0.3, -0.25) is 0 Å². The van der Waals surface area contributed by atoms with Crippen LogP contribution in [0.4, 0.5) is 19.0 Å². The lowest BCUT2D eigenvalue weighted by Crippen LogP contribution is -2.11. The molecule has 0 radical (unpaired) electrons. The highest BCUT2D eigenvalue weighted by Crippen LogP contribution is 2.33. The lowest BCUT2D eigenvalue weighted by atomic mass is 10.1. The molecule has 0 fully saturated rings. The van der Waals surface area contributed by atoms with Crippen LogP contribution in [0.15, 0.2) is 72.5 Å². The number of unbranched alkanes of at least 4 members (excludes halogenated alkanes) is 3. The number of benzene rings is 1. The number of rotatable bonds is 12. The van der Waals surface area contributed by atoms with Crippen molar-refractivity contribution in [3.8, 4) is 22.6 Å². The minimum absolute atomic E-state index is 0.0426. The van der Waals surface area contributed by atoms with Crippen molar-refractivity contribution in [1.29, 1.82) is 0 Å². The van der Waals surface area contributed by atoms with Crippen molar-refractivity contribution in [3.63, 3.8) is 0 Å². The lowest BCUT2D eigenvalue weighted by molar-refractivity contribution is -0.117. The molecule has 0 amide bonds. The van der Waals surface area contributed by atoms with Crippen LogP contribution < -0.4 is 5.73 Å². The number of aromatic nitrogens is 3. The van der Waals surface area contributed by atoms with Crippen LogP contribution in [0.3, 0.4) is 0 Å². The molecule has 0 spiro atoms. The number of carbonyl (C=O) groups is 1. The molecule has 0 aliphatic heterocycles. The number of nitrogens with zero attached hydrogens (tertiary/aromatic N) is 3. The second kappa shape index (κ2) is 13.0. The molecule has 0 bridgehead atoms. The largest absolute Gasteiger partial charge is 0.416 e. The summed E-state index contributed by atoms with van der Waals surface area (Å²) in [5, 5.41) is 0. The summed E-state index contributed by atoms with van der Waals surface area (Å²) in [5.74, 6) is 1.18. The summed E-state index contributed by atoms with van der Waals surface area (Å²) in [5.41, 5.74) is 8.07. The molecule has 2 N–H and O–H groups in total. The van der Waals surface area contributed by atoms with E-state index in [-0.39, 0.29) is 12.2 Å². The van der Waals surface area contributed by atoms with Crippen LogP contribution in [0.5, 0.6) is 0 Å². The van der Waals surface area contributed by atoms with E-state index < -0.39 is 11.7 Å². The number of pyridine rings is 1. The number of allylic oxidation sites excluding steroid dienone is 4. The molecule has 8 heteroatoms. The number of nitrogens with two attached hydrogens (primary N) is 1. The molecule has 1 aromatic carbocycles. The van der Waals surface area contributed by atoms with Gasteiger partial charge in [-0.25, -0.2) is 9.97 Å². The van der Waals surface area contributed by atoms with E-state index in [0.29, 0.717) is 41.6 Å². The van der Waals surface area contributed by atoms with E-state index in [1.807, 2.05) is 34.9 Å². The Morgan fingerprint density at radius 1 is 1.05 bits per heavy atom. The van der Waals surface area contributed by atoms with Gasteiger partial charge in [-0.05, 0) is 38.8 Å². The number of alkyl halides is 3. The third kappa shape index (κ3) is 7.90. The minimum Gasteiger partial charge on any atom is -0.384 e. The van der Waals surface area contributed by atoms with Gasteiger partial charge in [0.1, 0.15) is 17.4 Å². The first-order valence-electron chi connectivity index (χ1n) is 12.5. The molecule has 37 heavy (non-hydrogen) atoms. The predicted molar refractivity (Wildman–Crippen MR) is 142 cm³/mol. The first kappa shape index (κ1) is 27.9. The summed E-state index contributed by atoms with van der Waals surface area (Å²) in [6.07, 6.45) is 4.86. The number of hydrogen-bond donors (Lipinski definition) is 1. The Morgan fingerprint density at radius 3 is 2.43 bits per heavy atom. The molecule has 3 aromatic rings. The maximum Gasteiger partial charge on any atom is 0.416 e. The number of halogens is 3. The van der Waals surface area contributed by atoms with Crippen molar-refractivity contribution < 1.29 is 18.0 Å². The van der Waals surface area contributed by atoms with Gasteiger partial charge in [0, 0.05) is 42.4 Å². The van der Waals surface area contributed by atoms with Gasteiger partial charge in [-0.1, -0.05) is 61.4 Å². The third-order valence-electron chi connectivity index (χ3n) is 6.01. The number of carbonyl (C=O) groups excluding carboxylic acids is 1. The molecule has 0 aliphatic rings. The summed E-state index contributed by atoms with van der Waals surface area (Å²) >= 11 is 0. The van der Waals surface area contributed by atoms with Crippen LogP contribution in [0.2, 0.25) is 0 Å². The molecule has 3 rings (SSSR count). The first-order chi connectivity index (χ1) is 17.7. The van der Waals surface area contributed by atoms with Gasteiger partial charge in [0.2, 0.25) is 0 Å². The zero-order valence-electron chi connectivity index (χ0n) is 21.3. The molecular weight excluding hydrogens is 477 g/mol. The molecule has 0 unspecified atom stereocenters. The molecule has 0 saturated carbocycles. The van der Waals surface area contributed by atoms with Gasteiger partial charge < -0.3 is 15.1 Å². The molecule has 2 aromatic heterocycles. The molecule has 196 valence electrons. The van der Waals surface area contributed by atoms with E-state index >= 15 is 0 Å². The molecule has 0 aliphatic carbocycles. The van der Waals surface area contributed by atoms with Gasteiger partial charge >= 0.3 is 6.18 Å². The second-order valence-electron chi connectivity index (χ2n) is 8.95. The van der Waals surface area contributed by atoms with E-state index in [0.717, 1.165) is 37.3 Å². The topological polar surface area (TPSA) is 73.8 Å². The number of imidazole rings is 1. The fraction of sp³-hybridized carbons (Fsp3) is 0.345. The summed E-state index contributed by atoms with van der Waals surface area (Å²) in [4.78, 5) is 20.2. The normalized spacial score (nSPS) is 12.4. The molecule has 2 heterocycles. The zero-order chi connectivity index (χ0) is 26.8. The van der Waals surface area contributed by atoms with Crippen molar-refractivity contribution in [3.05, 3.63) is 78.2 Å². The van der Waals surface area contributed by atoms with Crippen LogP contribution in [0.1, 0.15) is 51.6 Å². The summed E-state index contributed by atoms with van der Waals surface area (Å²) in [6.45, 7) is 3.74. The SMILES string of the molecule is C/C=C\C(=C/Cc1c(-c2ccnc(N)c2)nc(-c2ccccc2)n1CCCCCCC(C)=O)C(F)(F)F. The van der Waals surface area contributed by atoms with Crippen molar-refractivity contribution >= 4 is 11.6 Å². The van der Waals surface area contributed by atoms with E-state index in [1.54, 1.807) is 32.2 Å². The van der Waals surface area contributed by atoms with E-state index in [2.05, 4.69) is 4.98 Å². The lowest BCUT2D eigenvalue weighted by Gasteiger charge is -2.13. The minimum atomic E-state index is -4.46. The first-order valence-corrected chi connectivity index (χ1v) is 12.5. The second-order valence-corrected chi connectivity index (χ2v) is 8.95. The maximum atomic E-state index is 13.6. The Morgan fingerprint density at radius 2 is 1.78 bits per heavy atom. The molecule has 0 saturated heterocycles. The highest BCUT2D eigenvalue weighted by Gasteiger charge is 2.31. The van der Waals surface area contributed by atoms with Crippen molar-refractivity contribution in [1.82, 2.24) is 14.5 Å². The molecular formula is C29H33F3N4O. The predicted octanol–water partition coefficient (Wildman–Crippen LogP) is 7.34. The number of anilines is 1. The van der Waals surface area contributed by atoms with Crippen molar-refractivity contribution in [2.45, 2.75) is 65.1 Å². The fourth-order valence-corrected chi connectivity index (χ4v) is 4.23. The van der Waals surface area contributed by atoms with Crippen LogP contribution in [-0.2, 0) is 17.8 Å². The number of ketones is 1. The zero-order valence-corrected chi connectivity index (χ0v) is 21.3. The average molecular weight is 511 g/mol. The quantitative estimate of drug-likeness (QED) is 0.204. The summed E-state index contributed by atoms with van der Waals surface area (Å²) < 4.78 is 43.0. The number of Topliss-reactive ketones (excluding diaryl/α,β-unsaturated/α-hetero) is 1. The van der Waals surface area contributed by atoms with Crippen molar-refractivity contribution in [2.75, 3.05) is 5.73 Å². The van der Waals surface area contributed by atoms with Crippen LogP contribution in [0, 0.1) is 0 Å². The Bertz CT molecular complexity index is 1240. The molecule has 0 atom stereocenters. The van der Waals surface area contributed by atoms with Gasteiger partial charge in [-0.2, -0.15) is 13.2 Å². The fourth-order valence-electron chi connectivity index (χ4n) is 4.23. The third-order valence-corrected chi connectivity index (χ3v) is 6.01. The van der Waals surface area contributed by atoms with Gasteiger partial charge in [0.15, 0.2) is 0 Å². The van der Waals surface area contributed by atoms with Crippen LogP contribution in [-0.4, -0.2) is 26.5 Å². The van der Waals surface area contributed by atoms with Crippen LogP contribution in [0.25, 0.3) is 22.6 Å². The standard InChI is InChI=1S/C29H33F3N4O/c1-3-11-24(29(30,31)32)15-16-25-27(23-17-18-34-26(33)20-23)35-28(22-13-8-6-9-14-22)36(25)19-10-5-4-7-12-21(2)37/h3,6,8-9,11,13-15,17-18,20H,4-5,7,10,12,16,19H2,1-2H3,(H2,33,34)/b11-3-,24-15+. The Kier molecular flexibility index (Phi) is 9.83. The Balaban J connectivity index is 2.07. The number of nitrogen functional groups attached to an aromatic ring is 1. The van der Waals surface area contributed by atoms with E-state index in [4.69, 9.17) is 10.7 Å². The Labute approximate surface area is 215 Å². The van der Waals surface area contributed by atoms with E-state index in [9.17, 15) is 18.0 Å². The highest BCUT2D eigenvalue weighted by atomic mass is 19.4. The van der Waals surface area contributed by atoms with Gasteiger partial charge in [-0.15, -0.1) is 0 Å². The van der Waals surface area contributed by atoms with Gasteiger partial charge in [0.05, 0.1) is 11.3 Å². The number of hydrogen-bond acceptors (Lipinski definition) is 4. The smallest absolute Gasteiger partial charge is 0.384 e. The average Bonchev–Trinajstić information content (AvgIpc) is 3.22. The summed E-state index contributed by atoms with van der Waals surface area (Å²) in [6, 6.07) is 13.1. The molecule has 5 nitrogen and oxygen atoms in total. The summed E-state index contributed by atoms with van der Waals surface area (Å²) in [7, 11) is 0. The van der Waals surface area contributed by atoms with Crippen molar-refractivity contribution in [2.24, 2.45) is 0 Å². The Hall–Kier alpha value is -3.68.